The molecule has 2 aromatic rings. The number of aromatic nitrogens is 3. The van der Waals surface area contributed by atoms with Crippen molar-refractivity contribution in [1.29, 1.82) is 0 Å². The predicted molar refractivity (Wildman–Crippen MR) is 65.2 cm³/mol. The fourth-order valence-corrected chi connectivity index (χ4v) is 2.16. The molecule has 2 rings (SSSR count). The Kier molecular flexibility index (Phi) is 4.07. The third-order valence-corrected chi connectivity index (χ3v) is 3.09. The van der Waals surface area contributed by atoms with E-state index < -0.39 is 0 Å². The molecule has 0 unspecified atom stereocenters. The quantitative estimate of drug-likeness (QED) is 0.834. The van der Waals surface area contributed by atoms with Gasteiger partial charge in [-0.2, -0.15) is 0 Å². The molecule has 0 aromatic carbocycles. The van der Waals surface area contributed by atoms with E-state index in [-0.39, 0.29) is 0 Å². The Hall–Kier alpha value is -1.20. The molecule has 0 aliphatic carbocycles. The van der Waals surface area contributed by atoms with Gasteiger partial charge in [0.15, 0.2) is 0 Å². The zero-order chi connectivity index (χ0) is 11.2. The summed E-state index contributed by atoms with van der Waals surface area (Å²) in [5.41, 5.74) is 0. The molecule has 16 heavy (non-hydrogen) atoms. The molecule has 2 aromatic heterocycles. The van der Waals surface area contributed by atoms with Crippen molar-refractivity contribution in [3.8, 4) is 0 Å². The second-order valence-corrected chi connectivity index (χ2v) is 4.55. The summed E-state index contributed by atoms with van der Waals surface area (Å²) in [5, 5.41) is 6.47. The Morgan fingerprint density at radius 3 is 3.00 bits per heavy atom. The molecule has 0 atom stereocenters. The van der Waals surface area contributed by atoms with E-state index in [1.165, 1.54) is 0 Å². The van der Waals surface area contributed by atoms with Gasteiger partial charge in [-0.1, -0.05) is 6.92 Å². The molecule has 0 aliphatic rings. The number of nitrogens with one attached hydrogen (secondary N) is 1. The first kappa shape index (κ1) is 11.3. The minimum absolute atomic E-state index is 0.798. The molecular weight excluding hydrogens is 220 g/mol. The van der Waals surface area contributed by atoms with Gasteiger partial charge < -0.3 is 9.88 Å². The third-order valence-electron chi connectivity index (χ3n) is 2.31. The molecule has 86 valence electrons. The normalized spacial score (nSPS) is 10.8. The Morgan fingerprint density at radius 2 is 2.25 bits per heavy atom. The first-order valence-electron chi connectivity index (χ1n) is 5.49. The number of aryl methyl sites for hydroxylation is 1. The van der Waals surface area contributed by atoms with Crippen LogP contribution in [0.5, 0.6) is 0 Å². The van der Waals surface area contributed by atoms with Crippen LogP contribution in [0.4, 0.5) is 0 Å². The predicted octanol–water partition coefficient (Wildman–Crippen LogP) is 2.04. The summed E-state index contributed by atoms with van der Waals surface area (Å²) in [4.78, 5) is 8.56. The van der Waals surface area contributed by atoms with Gasteiger partial charge in [0, 0.05) is 37.1 Å². The van der Waals surface area contributed by atoms with Gasteiger partial charge in [-0.05, 0) is 6.42 Å². The van der Waals surface area contributed by atoms with E-state index in [1.54, 1.807) is 11.3 Å². The maximum Gasteiger partial charge on any atom is 0.122 e. The zero-order valence-corrected chi connectivity index (χ0v) is 10.2. The summed E-state index contributed by atoms with van der Waals surface area (Å²) < 4.78 is 2.19. The van der Waals surface area contributed by atoms with Crippen LogP contribution in [-0.4, -0.2) is 14.5 Å². The molecule has 0 bridgehead atoms. The number of thiazole rings is 1. The lowest BCUT2D eigenvalue weighted by Crippen LogP contribution is -2.16. The minimum atomic E-state index is 0.798. The molecule has 4 nitrogen and oxygen atoms in total. The fraction of sp³-hybridized carbons (Fsp3) is 0.455. The van der Waals surface area contributed by atoms with Crippen molar-refractivity contribution in [2.24, 2.45) is 0 Å². The van der Waals surface area contributed by atoms with Crippen molar-refractivity contribution >= 4 is 11.3 Å². The average molecular weight is 236 g/mol. The van der Waals surface area contributed by atoms with Crippen LogP contribution in [0.3, 0.4) is 0 Å². The smallest absolute Gasteiger partial charge is 0.122 e. The molecule has 0 aliphatic heterocycles. The summed E-state index contributed by atoms with van der Waals surface area (Å²) in [6.07, 6.45) is 6.86. The van der Waals surface area contributed by atoms with Crippen molar-refractivity contribution in [3.63, 3.8) is 0 Å². The molecule has 0 radical (unpaired) electrons. The minimum Gasteiger partial charge on any atom is -0.334 e. The molecule has 2 heterocycles. The summed E-state index contributed by atoms with van der Waals surface area (Å²) in [6, 6.07) is 0. The number of nitrogens with zero attached hydrogens (tertiary/aromatic N) is 3. The summed E-state index contributed by atoms with van der Waals surface area (Å²) in [6.45, 7) is 4.82. The van der Waals surface area contributed by atoms with Crippen LogP contribution in [-0.2, 0) is 19.6 Å². The highest BCUT2D eigenvalue weighted by Gasteiger charge is 2.01. The molecule has 1 N–H and O–H groups in total. The number of hydrogen-bond donors (Lipinski definition) is 1. The third kappa shape index (κ3) is 2.90. The topological polar surface area (TPSA) is 42.7 Å². The lowest BCUT2D eigenvalue weighted by molar-refractivity contribution is 0.587. The fourth-order valence-electron chi connectivity index (χ4n) is 1.57. The van der Waals surface area contributed by atoms with Crippen molar-refractivity contribution in [1.82, 2.24) is 19.9 Å². The Labute approximate surface area is 99.4 Å². The van der Waals surface area contributed by atoms with Crippen LogP contribution in [0.25, 0.3) is 0 Å². The molecule has 0 fully saturated rings. The highest BCUT2D eigenvalue weighted by Crippen LogP contribution is 2.04. The maximum atomic E-state index is 4.34. The van der Waals surface area contributed by atoms with E-state index in [2.05, 4.69) is 26.8 Å². The van der Waals surface area contributed by atoms with E-state index >= 15 is 0 Å². The van der Waals surface area contributed by atoms with Gasteiger partial charge in [0.25, 0.3) is 0 Å². The van der Waals surface area contributed by atoms with Crippen LogP contribution in [0, 0.1) is 0 Å². The van der Waals surface area contributed by atoms with Crippen LogP contribution >= 0.6 is 11.3 Å². The summed E-state index contributed by atoms with van der Waals surface area (Å²) in [7, 11) is 0. The summed E-state index contributed by atoms with van der Waals surface area (Å²) in [5.74, 6) is 1.10. The Balaban J connectivity index is 1.82. The highest BCUT2D eigenvalue weighted by molar-refractivity contribution is 7.09. The molecule has 0 spiro atoms. The summed E-state index contributed by atoms with van der Waals surface area (Å²) >= 11 is 1.67. The van der Waals surface area contributed by atoms with E-state index in [0.29, 0.717) is 0 Å². The molecular formula is C11H16N4S. The second-order valence-electron chi connectivity index (χ2n) is 3.57. The van der Waals surface area contributed by atoms with E-state index in [0.717, 1.165) is 36.9 Å². The Bertz CT molecular complexity index is 407. The van der Waals surface area contributed by atoms with E-state index in [1.807, 2.05) is 24.0 Å². The van der Waals surface area contributed by atoms with Gasteiger partial charge in [-0.3, -0.25) is 0 Å². The zero-order valence-electron chi connectivity index (χ0n) is 9.39. The van der Waals surface area contributed by atoms with Gasteiger partial charge in [-0.15, -0.1) is 11.3 Å². The Morgan fingerprint density at radius 1 is 1.31 bits per heavy atom. The van der Waals surface area contributed by atoms with Crippen molar-refractivity contribution in [2.75, 3.05) is 0 Å². The lowest BCUT2D eigenvalue weighted by Gasteiger charge is -2.06. The van der Waals surface area contributed by atoms with Crippen LogP contribution in [0.2, 0.25) is 0 Å². The average Bonchev–Trinajstić information content (AvgIpc) is 2.91. The van der Waals surface area contributed by atoms with Gasteiger partial charge in [0.1, 0.15) is 10.8 Å². The van der Waals surface area contributed by atoms with Crippen molar-refractivity contribution in [2.45, 2.75) is 33.0 Å². The lowest BCUT2D eigenvalue weighted by atomic mass is 10.4. The monoisotopic (exact) mass is 236 g/mol. The van der Waals surface area contributed by atoms with E-state index in [9.17, 15) is 0 Å². The number of hydrogen-bond acceptors (Lipinski definition) is 4. The first-order valence-corrected chi connectivity index (χ1v) is 6.37. The molecule has 0 saturated carbocycles. The molecule has 5 heteroatoms. The van der Waals surface area contributed by atoms with Gasteiger partial charge in [0.2, 0.25) is 0 Å². The van der Waals surface area contributed by atoms with E-state index in [4.69, 9.17) is 0 Å². The van der Waals surface area contributed by atoms with Crippen molar-refractivity contribution < 1.29 is 0 Å². The highest BCUT2D eigenvalue weighted by atomic mass is 32.1. The van der Waals surface area contributed by atoms with Gasteiger partial charge >= 0.3 is 0 Å². The second kappa shape index (κ2) is 5.77. The molecule has 0 saturated heterocycles. The maximum absolute atomic E-state index is 4.34. The number of rotatable bonds is 6. The van der Waals surface area contributed by atoms with Gasteiger partial charge in [-0.25, -0.2) is 9.97 Å². The number of imidazole rings is 1. The van der Waals surface area contributed by atoms with Crippen molar-refractivity contribution in [3.05, 3.63) is 34.8 Å². The van der Waals surface area contributed by atoms with Crippen LogP contribution < -0.4 is 5.32 Å². The van der Waals surface area contributed by atoms with Gasteiger partial charge in [0.05, 0.1) is 6.54 Å². The largest absolute Gasteiger partial charge is 0.334 e. The SMILES string of the molecule is CCCn1ccnc1CNCc1nccs1. The van der Waals surface area contributed by atoms with Crippen LogP contribution in [0.15, 0.2) is 24.0 Å². The standard InChI is InChI=1S/C11H16N4S/c1-2-5-15-6-3-13-10(15)8-12-9-11-14-4-7-16-11/h3-4,6-7,12H,2,5,8-9H2,1H3. The first-order chi connectivity index (χ1) is 7.90. The molecule has 0 amide bonds. The van der Waals surface area contributed by atoms with Crippen LogP contribution in [0.1, 0.15) is 24.2 Å².